The van der Waals surface area contributed by atoms with Crippen LogP contribution in [0.3, 0.4) is 0 Å². The summed E-state index contributed by atoms with van der Waals surface area (Å²) in [6, 6.07) is 19.0. The van der Waals surface area contributed by atoms with E-state index in [-0.39, 0.29) is 6.04 Å². The fraction of sp³-hybridized carbons (Fsp3) is 0.360. The molecule has 0 aliphatic carbocycles. The van der Waals surface area contributed by atoms with Gasteiger partial charge in [0.05, 0.1) is 18.7 Å². The van der Waals surface area contributed by atoms with Gasteiger partial charge in [0.25, 0.3) is 0 Å². The first-order valence-corrected chi connectivity index (χ1v) is 10.9. The first-order valence-electron chi connectivity index (χ1n) is 10.9. The molecule has 0 bridgehead atoms. The maximum Gasteiger partial charge on any atom is 0.191 e. The summed E-state index contributed by atoms with van der Waals surface area (Å²) in [4.78, 5) is 11.5. The number of para-hydroxylation sites is 1. The molecule has 2 aromatic carbocycles. The van der Waals surface area contributed by atoms with Crippen molar-refractivity contribution in [2.24, 2.45) is 4.99 Å². The third-order valence-corrected chi connectivity index (χ3v) is 5.91. The van der Waals surface area contributed by atoms with Crippen LogP contribution in [0.15, 0.2) is 65.8 Å². The minimum absolute atomic E-state index is 0.273. The van der Waals surface area contributed by atoms with E-state index in [2.05, 4.69) is 68.0 Å². The minimum Gasteiger partial charge on any atom is -0.497 e. The fourth-order valence-electron chi connectivity index (χ4n) is 4.26. The van der Waals surface area contributed by atoms with Crippen LogP contribution < -0.4 is 15.4 Å². The molecule has 0 saturated carbocycles. The minimum atomic E-state index is 0.273. The van der Waals surface area contributed by atoms with Gasteiger partial charge in [0.1, 0.15) is 5.75 Å². The van der Waals surface area contributed by atoms with Crippen molar-refractivity contribution in [3.05, 3.63) is 71.9 Å². The van der Waals surface area contributed by atoms with Gasteiger partial charge in [-0.25, -0.2) is 0 Å². The van der Waals surface area contributed by atoms with Crippen molar-refractivity contribution in [3.8, 4) is 5.75 Å². The first-order chi connectivity index (χ1) is 15.3. The van der Waals surface area contributed by atoms with Crippen LogP contribution in [0.5, 0.6) is 5.75 Å². The van der Waals surface area contributed by atoms with Crippen molar-refractivity contribution in [2.45, 2.75) is 25.4 Å². The van der Waals surface area contributed by atoms with Crippen LogP contribution in [0.4, 0.5) is 0 Å². The molecule has 2 N–H and O–H groups in total. The van der Waals surface area contributed by atoms with E-state index in [9.17, 15) is 0 Å². The van der Waals surface area contributed by atoms with Gasteiger partial charge in [-0.1, -0.05) is 36.4 Å². The van der Waals surface area contributed by atoms with Crippen molar-refractivity contribution in [1.82, 2.24) is 20.5 Å². The highest BCUT2D eigenvalue weighted by molar-refractivity contribution is 5.83. The number of hydrogen-bond donors (Lipinski definition) is 2. The fourth-order valence-corrected chi connectivity index (χ4v) is 4.26. The summed E-state index contributed by atoms with van der Waals surface area (Å²) in [5, 5.41) is 8.14. The lowest BCUT2D eigenvalue weighted by Gasteiger charge is -2.29. The number of aliphatic imine (C=N–C) groups is 1. The summed E-state index contributed by atoms with van der Waals surface area (Å²) in [5.74, 6) is 1.69. The van der Waals surface area contributed by atoms with E-state index in [4.69, 9.17) is 4.74 Å². The summed E-state index contributed by atoms with van der Waals surface area (Å²) in [7, 11) is 3.53. The Bertz CT molecular complexity index is 1020. The first kappa shape index (κ1) is 21.1. The Labute approximate surface area is 184 Å². The molecule has 1 atom stereocenters. The molecule has 1 aromatic heterocycles. The van der Waals surface area contributed by atoms with Crippen LogP contribution in [-0.4, -0.2) is 49.6 Å². The average molecular weight is 418 g/mol. The molecular formula is C25H31N5O. The number of rotatable bonds is 7. The topological polar surface area (TPSA) is 61.8 Å². The number of likely N-dealkylation sites (tertiary alicyclic amines) is 1. The molecule has 0 amide bonds. The van der Waals surface area contributed by atoms with E-state index < -0.39 is 0 Å². The molecule has 1 aliphatic rings. The number of hydrogen-bond acceptors (Lipinski definition) is 4. The van der Waals surface area contributed by atoms with Gasteiger partial charge in [-0.15, -0.1) is 0 Å². The number of nitrogens with zero attached hydrogens (tertiary/aromatic N) is 3. The average Bonchev–Trinajstić information content (AvgIpc) is 3.36. The molecule has 4 rings (SSSR count). The van der Waals surface area contributed by atoms with Crippen molar-refractivity contribution in [2.75, 3.05) is 33.8 Å². The third kappa shape index (κ3) is 5.14. The number of pyridine rings is 1. The molecule has 0 spiro atoms. The largest absolute Gasteiger partial charge is 0.497 e. The number of ether oxygens (including phenoxy) is 1. The Morgan fingerprint density at radius 1 is 1.10 bits per heavy atom. The number of benzene rings is 2. The van der Waals surface area contributed by atoms with Crippen LogP contribution in [0.2, 0.25) is 0 Å². The van der Waals surface area contributed by atoms with E-state index >= 15 is 0 Å². The maximum absolute atomic E-state index is 5.46. The molecule has 162 valence electrons. The monoisotopic (exact) mass is 417 g/mol. The van der Waals surface area contributed by atoms with Gasteiger partial charge >= 0.3 is 0 Å². The van der Waals surface area contributed by atoms with E-state index in [1.165, 1.54) is 18.4 Å². The molecule has 1 aliphatic heterocycles. The second kappa shape index (κ2) is 10.3. The summed E-state index contributed by atoms with van der Waals surface area (Å²) in [6.07, 6.45) is 4.34. The van der Waals surface area contributed by atoms with Gasteiger partial charge in [0.2, 0.25) is 0 Å². The number of nitrogens with one attached hydrogen (secondary N) is 2. The van der Waals surface area contributed by atoms with Gasteiger partial charge in [0, 0.05) is 31.7 Å². The molecule has 2 heterocycles. The number of aromatic nitrogens is 1. The SMILES string of the molecule is CN=C(NCc1cccc2cccnc12)NCC(c1cccc(OC)c1)N1CCCC1. The van der Waals surface area contributed by atoms with E-state index in [0.29, 0.717) is 6.54 Å². The highest BCUT2D eigenvalue weighted by Crippen LogP contribution is 2.27. The van der Waals surface area contributed by atoms with Gasteiger partial charge in [-0.05, 0) is 55.3 Å². The lowest BCUT2D eigenvalue weighted by atomic mass is 10.1. The Balaban J connectivity index is 1.44. The van der Waals surface area contributed by atoms with Gasteiger partial charge in [-0.2, -0.15) is 0 Å². The summed E-state index contributed by atoms with van der Waals surface area (Å²) in [6.45, 7) is 3.69. The van der Waals surface area contributed by atoms with Crippen LogP contribution in [0.25, 0.3) is 10.9 Å². The van der Waals surface area contributed by atoms with Crippen molar-refractivity contribution < 1.29 is 4.74 Å². The summed E-state index contributed by atoms with van der Waals surface area (Å²) < 4.78 is 5.46. The molecule has 31 heavy (non-hydrogen) atoms. The zero-order valence-corrected chi connectivity index (χ0v) is 18.3. The molecule has 1 fully saturated rings. The molecule has 6 heteroatoms. The molecule has 6 nitrogen and oxygen atoms in total. The quantitative estimate of drug-likeness (QED) is 0.453. The van der Waals surface area contributed by atoms with Crippen LogP contribution in [0.1, 0.15) is 30.0 Å². The Morgan fingerprint density at radius 2 is 1.90 bits per heavy atom. The highest BCUT2D eigenvalue weighted by Gasteiger charge is 2.24. The van der Waals surface area contributed by atoms with E-state index in [0.717, 1.165) is 47.8 Å². The number of guanidine groups is 1. The summed E-state index contributed by atoms with van der Waals surface area (Å²) in [5.41, 5.74) is 3.45. The maximum atomic E-state index is 5.46. The smallest absolute Gasteiger partial charge is 0.191 e. The normalized spacial score (nSPS) is 15.7. The lowest BCUT2D eigenvalue weighted by Crippen LogP contribution is -2.42. The number of fused-ring (bicyclic) bond motifs is 1. The van der Waals surface area contributed by atoms with Crippen molar-refractivity contribution >= 4 is 16.9 Å². The lowest BCUT2D eigenvalue weighted by molar-refractivity contribution is 0.245. The zero-order valence-electron chi connectivity index (χ0n) is 18.3. The van der Waals surface area contributed by atoms with Crippen LogP contribution in [-0.2, 0) is 6.54 Å². The molecule has 1 unspecified atom stereocenters. The van der Waals surface area contributed by atoms with Crippen LogP contribution >= 0.6 is 0 Å². The van der Waals surface area contributed by atoms with Crippen LogP contribution in [0, 0.1) is 0 Å². The van der Waals surface area contributed by atoms with E-state index in [1.807, 2.05) is 25.4 Å². The Morgan fingerprint density at radius 3 is 2.71 bits per heavy atom. The number of methoxy groups -OCH3 is 1. The molecule has 1 saturated heterocycles. The van der Waals surface area contributed by atoms with Crippen molar-refractivity contribution in [1.29, 1.82) is 0 Å². The third-order valence-electron chi connectivity index (χ3n) is 5.91. The van der Waals surface area contributed by atoms with Gasteiger partial charge < -0.3 is 15.4 Å². The highest BCUT2D eigenvalue weighted by atomic mass is 16.5. The van der Waals surface area contributed by atoms with E-state index in [1.54, 1.807) is 7.11 Å². The van der Waals surface area contributed by atoms with Crippen molar-refractivity contribution in [3.63, 3.8) is 0 Å². The van der Waals surface area contributed by atoms with Gasteiger partial charge in [-0.3, -0.25) is 14.9 Å². The second-order valence-electron chi connectivity index (χ2n) is 7.83. The predicted octanol–water partition coefficient (Wildman–Crippen LogP) is 3.75. The Kier molecular flexibility index (Phi) is 6.99. The summed E-state index contributed by atoms with van der Waals surface area (Å²) >= 11 is 0. The second-order valence-corrected chi connectivity index (χ2v) is 7.83. The Hall–Kier alpha value is -3.12. The zero-order chi connectivity index (χ0) is 21.5. The molecule has 3 aromatic rings. The molecular weight excluding hydrogens is 386 g/mol. The van der Waals surface area contributed by atoms with Gasteiger partial charge in [0.15, 0.2) is 5.96 Å². The standard InChI is InChI=1S/C25H31N5O/c1-26-25(28-17-21-10-5-8-19-11-7-13-27-24(19)21)29-18-23(30-14-3-4-15-30)20-9-6-12-22(16-20)31-2/h5-13,16,23H,3-4,14-15,17-18H2,1-2H3,(H2,26,28,29). The predicted molar refractivity (Wildman–Crippen MR) is 126 cm³/mol. The molecule has 0 radical (unpaired) electrons.